The first kappa shape index (κ1) is 21.5. The molecular formula is C20H24ClF3N2O. The summed E-state index contributed by atoms with van der Waals surface area (Å²) in [5.74, 6) is 0.495. The first-order valence-corrected chi connectivity index (χ1v) is 9.56. The van der Waals surface area contributed by atoms with Gasteiger partial charge in [0.2, 0.25) is 5.88 Å². The number of alkyl halides is 3. The highest BCUT2D eigenvalue weighted by atomic mass is 35.5. The van der Waals surface area contributed by atoms with Crippen LogP contribution in [-0.4, -0.2) is 16.1 Å². The lowest BCUT2D eigenvalue weighted by molar-refractivity contribution is -0.137. The van der Waals surface area contributed by atoms with Gasteiger partial charge in [-0.3, -0.25) is 0 Å². The highest BCUT2D eigenvalue weighted by Crippen LogP contribution is 2.36. The Labute approximate surface area is 162 Å². The fourth-order valence-corrected chi connectivity index (χ4v) is 3.04. The minimum absolute atomic E-state index is 0.00420. The van der Waals surface area contributed by atoms with Crippen molar-refractivity contribution in [3.8, 4) is 17.1 Å². The van der Waals surface area contributed by atoms with Crippen molar-refractivity contribution < 1.29 is 17.9 Å². The summed E-state index contributed by atoms with van der Waals surface area (Å²) in [4.78, 5) is 9.27. The first-order valence-electron chi connectivity index (χ1n) is 9.18. The molecule has 0 radical (unpaired) electrons. The molecule has 0 unspecified atom stereocenters. The topological polar surface area (TPSA) is 35.0 Å². The minimum atomic E-state index is -4.44. The molecule has 0 bridgehead atoms. The molecule has 1 heterocycles. The molecular weight excluding hydrogens is 377 g/mol. The summed E-state index contributed by atoms with van der Waals surface area (Å²) in [6, 6.07) is 3.30. The molecule has 0 saturated carbocycles. The van der Waals surface area contributed by atoms with Gasteiger partial charge in [-0.2, -0.15) is 13.2 Å². The fraction of sp³-hybridized carbons (Fsp3) is 0.500. The maximum atomic E-state index is 12.9. The van der Waals surface area contributed by atoms with Crippen LogP contribution in [0.15, 0.2) is 18.2 Å². The van der Waals surface area contributed by atoms with Crippen molar-refractivity contribution in [3.05, 3.63) is 40.2 Å². The molecule has 0 amide bonds. The fourth-order valence-electron chi connectivity index (χ4n) is 2.77. The molecule has 1 aromatic carbocycles. The first-order chi connectivity index (χ1) is 12.7. The van der Waals surface area contributed by atoms with Gasteiger partial charge in [0.1, 0.15) is 5.69 Å². The third-order valence-electron chi connectivity index (χ3n) is 4.41. The van der Waals surface area contributed by atoms with Crippen LogP contribution < -0.4 is 4.74 Å². The molecule has 0 N–H and O–H groups in total. The number of hydrogen-bond acceptors (Lipinski definition) is 3. The van der Waals surface area contributed by atoms with E-state index in [2.05, 4.69) is 9.97 Å². The summed E-state index contributed by atoms with van der Waals surface area (Å²) < 4.78 is 44.7. The van der Waals surface area contributed by atoms with E-state index in [-0.39, 0.29) is 11.1 Å². The predicted molar refractivity (Wildman–Crippen MR) is 101 cm³/mol. The molecule has 0 fully saturated rings. The second-order valence-corrected chi connectivity index (χ2v) is 6.63. The molecule has 27 heavy (non-hydrogen) atoms. The van der Waals surface area contributed by atoms with E-state index in [1.165, 1.54) is 6.07 Å². The van der Waals surface area contributed by atoms with Crippen LogP contribution >= 0.6 is 11.6 Å². The standard InChI is InChI=1S/C20H24ClF3N2O/c1-5-13(6-2)27-19-17(8-4)25-18(16(7-3)26-19)14-10-9-12(11-15(14)21)20(22,23)24/h9-11,13H,5-8H2,1-4H3. The van der Waals surface area contributed by atoms with E-state index in [9.17, 15) is 13.2 Å². The number of nitrogens with zero attached hydrogens (tertiary/aromatic N) is 2. The normalized spacial score (nSPS) is 11.9. The van der Waals surface area contributed by atoms with E-state index < -0.39 is 11.7 Å². The molecule has 0 aliphatic rings. The van der Waals surface area contributed by atoms with Crippen molar-refractivity contribution in [2.75, 3.05) is 0 Å². The Hall–Kier alpha value is -1.82. The summed E-state index contributed by atoms with van der Waals surface area (Å²) in [5, 5.41) is 0.00420. The van der Waals surface area contributed by atoms with E-state index in [1.54, 1.807) is 0 Å². The maximum absolute atomic E-state index is 12.9. The zero-order valence-corrected chi connectivity index (χ0v) is 16.7. The quantitative estimate of drug-likeness (QED) is 0.531. The molecule has 0 aliphatic carbocycles. The van der Waals surface area contributed by atoms with Crippen molar-refractivity contribution in [3.63, 3.8) is 0 Å². The number of ether oxygens (including phenoxy) is 1. The highest BCUT2D eigenvalue weighted by Gasteiger charge is 2.31. The third-order valence-corrected chi connectivity index (χ3v) is 4.73. The van der Waals surface area contributed by atoms with Crippen molar-refractivity contribution >= 4 is 11.6 Å². The summed E-state index contributed by atoms with van der Waals surface area (Å²) >= 11 is 6.16. The molecule has 2 rings (SSSR count). The van der Waals surface area contributed by atoms with Crippen molar-refractivity contribution in [1.82, 2.24) is 9.97 Å². The van der Waals surface area contributed by atoms with Crippen LogP contribution in [0.4, 0.5) is 13.2 Å². The van der Waals surface area contributed by atoms with Gasteiger partial charge in [0.25, 0.3) is 0 Å². The number of hydrogen-bond donors (Lipinski definition) is 0. The van der Waals surface area contributed by atoms with Gasteiger partial charge in [-0.1, -0.05) is 45.4 Å². The SMILES string of the molecule is CCc1nc(-c2ccc(C(F)(F)F)cc2Cl)c(CC)nc1OC(CC)CC. The van der Waals surface area contributed by atoms with E-state index in [0.717, 1.165) is 25.0 Å². The lowest BCUT2D eigenvalue weighted by atomic mass is 10.0. The van der Waals surface area contributed by atoms with Gasteiger partial charge in [0.05, 0.1) is 28.1 Å². The molecule has 1 aromatic heterocycles. The summed E-state index contributed by atoms with van der Waals surface area (Å²) in [6.45, 7) is 7.94. The molecule has 148 valence electrons. The molecule has 0 atom stereocenters. The van der Waals surface area contributed by atoms with E-state index >= 15 is 0 Å². The molecule has 0 saturated heterocycles. The Kier molecular flexibility index (Phi) is 7.09. The zero-order valence-electron chi connectivity index (χ0n) is 16.0. The second-order valence-electron chi connectivity index (χ2n) is 6.23. The summed E-state index contributed by atoms with van der Waals surface area (Å²) in [5.41, 5.74) is 1.48. The van der Waals surface area contributed by atoms with Crippen LogP contribution in [0.25, 0.3) is 11.3 Å². The number of halogens is 4. The largest absolute Gasteiger partial charge is 0.473 e. The van der Waals surface area contributed by atoms with Gasteiger partial charge < -0.3 is 4.74 Å². The molecule has 3 nitrogen and oxygen atoms in total. The van der Waals surface area contributed by atoms with E-state index in [0.29, 0.717) is 41.4 Å². The second kappa shape index (κ2) is 8.91. The van der Waals surface area contributed by atoms with Gasteiger partial charge in [-0.05, 0) is 37.8 Å². The van der Waals surface area contributed by atoms with Gasteiger partial charge in [-0.15, -0.1) is 0 Å². The van der Waals surface area contributed by atoms with Gasteiger partial charge >= 0.3 is 6.18 Å². The smallest absolute Gasteiger partial charge is 0.416 e. The molecule has 7 heteroatoms. The Bertz CT molecular complexity index is 790. The lowest BCUT2D eigenvalue weighted by Gasteiger charge is -2.19. The van der Waals surface area contributed by atoms with Crippen LogP contribution in [0, 0.1) is 0 Å². The van der Waals surface area contributed by atoms with Crippen molar-refractivity contribution in [1.29, 1.82) is 0 Å². The highest BCUT2D eigenvalue weighted by molar-refractivity contribution is 6.33. The lowest BCUT2D eigenvalue weighted by Crippen LogP contribution is -2.17. The average molecular weight is 401 g/mol. The summed E-state index contributed by atoms with van der Waals surface area (Å²) in [7, 11) is 0. The Morgan fingerprint density at radius 2 is 1.63 bits per heavy atom. The van der Waals surface area contributed by atoms with Gasteiger partial charge in [0, 0.05) is 5.56 Å². The Morgan fingerprint density at radius 3 is 2.11 bits per heavy atom. The third kappa shape index (κ3) is 4.92. The van der Waals surface area contributed by atoms with Crippen LogP contribution in [-0.2, 0) is 19.0 Å². The van der Waals surface area contributed by atoms with Crippen LogP contribution in [0.5, 0.6) is 5.88 Å². The van der Waals surface area contributed by atoms with Gasteiger partial charge in [-0.25, -0.2) is 9.97 Å². The predicted octanol–water partition coefficient (Wildman–Crippen LogP) is 6.51. The molecule has 0 spiro atoms. The van der Waals surface area contributed by atoms with Crippen molar-refractivity contribution in [2.45, 2.75) is 65.7 Å². The number of benzene rings is 1. The van der Waals surface area contributed by atoms with Crippen LogP contribution in [0.1, 0.15) is 57.5 Å². The van der Waals surface area contributed by atoms with Crippen LogP contribution in [0.2, 0.25) is 5.02 Å². The number of aryl methyl sites for hydroxylation is 2. The van der Waals surface area contributed by atoms with E-state index in [1.807, 2.05) is 27.7 Å². The molecule has 0 aliphatic heterocycles. The van der Waals surface area contributed by atoms with E-state index in [4.69, 9.17) is 16.3 Å². The Balaban J connectivity index is 2.54. The maximum Gasteiger partial charge on any atom is 0.416 e. The molecule has 2 aromatic rings. The number of rotatable bonds is 7. The monoisotopic (exact) mass is 400 g/mol. The number of aromatic nitrogens is 2. The van der Waals surface area contributed by atoms with Crippen molar-refractivity contribution in [2.24, 2.45) is 0 Å². The average Bonchev–Trinajstić information content (AvgIpc) is 2.64. The van der Waals surface area contributed by atoms with Gasteiger partial charge in [0.15, 0.2) is 0 Å². The Morgan fingerprint density at radius 1 is 1.00 bits per heavy atom. The minimum Gasteiger partial charge on any atom is -0.473 e. The zero-order chi connectivity index (χ0) is 20.2. The van der Waals surface area contributed by atoms with Crippen LogP contribution in [0.3, 0.4) is 0 Å². The summed E-state index contributed by atoms with van der Waals surface area (Å²) in [6.07, 6.45) is -1.52.